The molecule has 24 heavy (non-hydrogen) atoms. The van der Waals surface area contributed by atoms with Gasteiger partial charge in [-0.25, -0.2) is 0 Å². The van der Waals surface area contributed by atoms with Crippen molar-refractivity contribution in [2.24, 2.45) is 5.73 Å². The molecule has 2 rings (SSSR count). The van der Waals surface area contributed by atoms with Crippen LogP contribution in [0, 0.1) is 0 Å². The van der Waals surface area contributed by atoms with Crippen LogP contribution in [0.25, 0.3) is 0 Å². The number of hydrogen-bond donors (Lipinski definition) is 2. The Balaban J connectivity index is 2.11. The summed E-state index contributed by atoms with van der Waals surface area (Å²) in [5.74, 6) is -0.477. The largest absolute Gasteiger partial charge is 0.469 e. The molecule has 0 aromatic heterocycles. The van der Waals surface area contributed by atoms with Crippen molar-refractivity contribution in [3.63, 3.8) is 0 Å². The zero-order valence-corrected chi connectivity index (χ0v) is 13.7. The smallest absolute Gasteiger partial charge is 0.305 e. The molecule has 5 nitrogen and oxygen atoms in total. The monoisotopic (exact) mass is 326 g/mol. The van der Waals surface area contributed by atoms with E-state index in [4.69, 9.17) is 5.73 Å². The van der Waals surface area contributed by atoms with Gasteiger partial charge in [0, 0.05) is 18.5 Å². The summed E-state index contributed by atoms with van der Waals surface area (Å²) in [7, 11) is 1.36. The topological polar surface area (TPSA) is 81.4 Å². The molecule has 0 saturated carbocycles. The molecule has 0 aliphatic rings. The number of rotatable bonds is 7. The van der Waals surface area contributed by atoms with Crippen molar-refractivity contribution < 1.29 is 14.3 Å². The highest BCUT2D eigenvalue weighted by Gasteiger charge is 2.17. The number of carbonyl (C=O) groups is 2. The van der Waals surface area contributed by atoms with Crippen LogP contribution in [0.1, 0.15) is 40.4 Å². The minimum Gasteiger partial charge on any atom is -0.469 e. The second kappa shape index (κ2) is 8.84. The lowest BCUT2D eigenvalue weighted by Crippen LogP contribution is -2.29. The summed E-state index contributed by atoms with van der Waals surface area (Å²) in [6.45, 7) is 0.438. The van der Waals surface area contributed by atoms with Crippen LogP contribution in [0.2, 0.25) is 0 Å². The van der Waals surface area contributed by atoms with Gasteiger partial charge in [-0.1, -0.05) is 42.5 Å². The Labute approximate surface area is 141 Å². The van der Waals surface area contributed by atoms with Gasteiger partial charge in [0.1, 0.15) is 0 Å². The molecule has 0 bridgehead atoms. The van der Waals surface area contributed by atoms with E-state index in [1.54, 1.807) is 12.1 Å². The van der Waals surface area contributed by atoms with E-state index in [2.05, 4.69) is 10.1 Å². The first-order valence-corrected chi connectivity index (χ1v) is 7.85. The zero-order valence-electron chi connectivity index (χ0n) is 13.7. The minimum absolute atomic E-state index is 0.183. The molecule has 1 amide bonds. The molecule has 3 N–H and O–H groups in total. The maximum atomic E-state index is 12.5. The van der Waals surface area contributed by atoms with Gasteiger partial charge in [-0.05, 0) is 29.7 Å². The molecule has 0 spiro atoms. The van der Waals surface area contributed by atoms with Crippen LogP contribution in [0.5, 0.6) is 0 Å². The molecule has 1 atom stereocenters. The number of benzene rings is 2. The fourth-order valence-electron chi connectivity index (χ4n) is 2.41. The lowest BCUT2D eigenvalue weighted by atomic mass is 10.0. The number of methoxy groups -OCH3 is 1. The predicted molar refractivity (Wildman–Crippen MR) is 92.2 cm³/mol. The normalized spacial score (nSPS) is 11.6. The third-order valence-electron chi connectivity index (χ3n) is 3.82. The van der Waals surface area contributed by atoms with Crippen LogP contribution >= 0.6 is 0 Å². The van der Waals surface area contributed by atoms with Crippen LogP contribution in [0.15, 0.2) is 54.6 Å². The van der Waals surface area contributed by atoms with Crippen LogP contribution in [0.4, 0.5) is 0 Å². The maximum absolute atomic E-state index is 12.5. The number of nitrogens with one attached hydrogen (secondary N) is 1. The molecular formula is C19H22N2O3. The van der Waals surface area contributed by atoms with Crippen LogP contribution in [-0.2, 0) is 16.1 Å². The van der Waals surface area contributed by atoms with E-state index in [0.717, 1.165) is 11.1 Å². The molecule has 5 heteroatoms. The van der Waals surface area contributed by atoms with Gasteiger partial charge in [-0.15, -0.1) is 0 Å². The number of amides is 1. The summed E-state index contributed by atoms with van der Waals surface area (Å²) in [6.07, 6.45) is 0.714. The van der Waals surface area contributed by atoms with Gasteiger partial charge in [-0.2, -0.15) is 0 Å². The average Bonchev–Trinajstić information content (AvgIpc) is 2.65. The second-order valence-electron chi connectivity index (χ2n) is 5.45. The van der Waals surface area contributed by atoms with Crippen molar-refractivity contribution in [1.29, 1.82) is 0 Å². The standard InChI is InChI=1S/C19H22N2O3/c1-24-18(22)12-11-17(15-5-3-2-4-6-15)21-19(23)16-9-7-14(13-20)8-10-16/h2-10,17H,11-13,20H2,1H3,(H,21,23). The fraction of sp³-hybridized carbons (Fsp3) is 0.263. The first-order chi connectivity index (χ1) is 11.6. The molecule has 2 aromatic carbocycles. The van der Waals surface area contributed by atoms with Gasteiger partial charge in [0.15, 0.2) is 0 Å². The van der Waals surface area contributed by atoms with Crippen LogP contribution in [0.3, 0.4) is 0 Å². The van der Waals surface area contributed by atoms with Gasteiger partial charge < -0.3 is 15.8 Å². The number of nitrogens with two attached hydrogens (primary N) is 1. The quantitative estimate of drug-likeness (QED) is 0.766. The number of carbonyl (C=O) groups excluding carboxylic acids is 2. The van der Waals surface area contributed by atoms with E-state index in [1.165, 1.54) is 7.11 Å². The highest BCUT2D eigenvalue weighted by atomic mass is 16.5. The van der Waals surface area contributed by atoms with Gasteiger partial charge in [-0.3, -0.25) is 9.59 Å². The first-order valence-electron chi connectivity index (χ1n) is 7.85. The summed E-state index contributed by atoms with van der Waals surface area (Å²) in [5.41, 5.74) is 8.05. The Morgan fingerprint density at radius 3 is 2.33 bits per heavy atom. The van der Waals surface area contributed by atoms with E-state index >= 15 is 0 Å². The Morgan fingerprint density at radius 1 is 1.08 bits per heavy atom. The van der Waals surface area contributed by atoms with Crippen molar-refractivity contribution in [3.05, 3.63) is 71.3 Å². The van der Waals surface area contributed by atoms with Gasteiger partial charge in [0.2, 0.25) is 0 Å². The maximum Gasteiger partial charge on any atom is 0.305 e. The molecule has 0 heterocycles. The van der Waals surface area contributed by atoms with E-state index < -0.39 is 0 Å². The Morgan fingerprint density at radius 2 is 1.75 bits per heavy atom. The van der Waals surface area contributed by atoms with E-state index in [0.29, 0.717) is 18.5 Å². The van der Waals surface area contributed by atoms with Crippen LogP contribution in [-0.4, -0.2) is 19.0 Å². The zero-order chi connectivity index (χ0) is 17.4. The predicted octanol–water partition coefficient (Wildman–Crippen LogP) is 2.57. The summed E-state index contributed by atoms with van der Waals surface area (Å²) in [5, 5.41) is 2.99. The van der Waals surface area contributed by atoms with Crippen molar-refractivity contribution in [2.75, 3.05) is 7.11 Å². The number of esters is 1. The fourth-order valence-corrected chi connectivity index (χ4v) is 2.41. The SMILES string of the molecule is COC(=O)CCC(NC(=O)c1ccc(CN)cc1)c1ccccc1. The molecule has 126 valence electrons. The summed E-state index contributed by atoms with van der Waals surface area (Å²) >= 11 is 0. The molecular weight excluding hydrogens is 304 g/mol. The Kier molecular flexibility index (Phi) is 6.51. The number of hydrogen-bond acceptors (Lipinski definition) is 4. The van der Waals surface area contributed by atoms with E-state index in [-0.39, 0.29) is 24.3 Å². The van der Waals surface area contributed by atoms with Crippen LogP contribution < -0.4 is 11.1 Å². The lowest BCUT2D eigenvalue weighted by Gasteiger charge is -2.19. The lowest BCUT2D eigenvalue weighted by molar-refractivity contribution is -0.140. The summed E-state index contributed by atoms with van der Waals surface area (Å²) in [6, 6.07) is 16.5. The summed E-state index contributed by atoms with van der Waals surface area (Å²) in [4.78, 5) is 23.9. The first kappa shape index (κ1) is 17.7. The van der Waals surface area contributed by atoms with Crippen molar-refractivity contribution in [2.45, 2.75) is 25.4 Å². The van der Waals surface area contributed by atoms with E-state index in [1.807, 2.05) is 42.5 Å². The minimum atomic E-state index is -0.294. The second-order valence-corrected chi connectivity index (χ2v) is 5.45. The number of ether oxygens (including phenoxy) is 1. The van der Waals surface area contributed by atoms with Gasteiger partial charge in [0.05, 0.1) is 13.2 Å². The average molecular weight is 326 g/mol. The molecule has 0 aliphatic carbocycles. The Hall–Kier alpha value is -2.66. The molecule has 0 aliphatic heterocycles. The molecule has 0 saturated heterocycles. The van der Waals surface area contributed by atoms with Crippen molar-refractivity contribution in [3.8, 4) is 0 Å². The highest BCUT2D eigenvalue weighted by molar-refractivity contribution is 5.94. The van der Waals surface area contributed by atoms with Gasteiger partial charge >= 0.3 is 5.97 Å². The third-order valence-corrected chi connectivity index (χ3v) is 3.82. The third kappa shape index (κ3) is 4.93. The molecule has 1 unspecified atom stereocenters. The van der Waals surface area contributed by atoms with Crippen molar-refractivity contribution in [1.82, 2.24) is 5.32 Å². The van der Waals surface area contributed by atoms with Gasteiger partial charge in [0.25, 0.3) is 5.91 Å². The van der Waals surface area contributed by atoms with Crippen molar-refractivity contribution >= 4 is 11.9 Å². The van der Waals surface area contributed by atoms with E-state index in [9.17, 15) is 9.59 Å². The summed E-state index contributed by atoms with van der Waals surface area (Å²) < 4.78 is 4.69. The Bertz CT molecular complexity index is 669. The molecule has 2 aromatic rings. The highest BCUT2D eigenvalue weighted by Crippen LogP contribution is 2.19. The molecule has 0 radical (unpaired) electrons. The molecule has 0 fully saturated rings.